The second kappa shape index (κ2) is 9.09. The molecule has 7 heteroatoms. The van der Waals surface area contributed by atoms with Crippen molar-refractivity contribution in [2.75, 3.05) is 5.32 Å². The molecule has 150 valence electrons. The fourth-order valence-corrected chi connectivity index (χ4v) is 4.05. The second-order valence-electron chi connectivity index (χ2n) is 7.24. The molecule has 0 atom stereocenters. The van der Waals surface area contributed by atoms with Gasteiger partial charge in [0, 0.05) is 32.3 Å². The number of hydrogen-bond donors (Lipinski definition) is 1. The van der Waals surface area contributed by atoms with E-state index in [1.165, 1.54) is 6.42 Å². The maximum atomic E-state index is 12.8. The lowest BCUT2D eigenvalue weighted by Gasteiger charge is -2.04. The van der Waals surface area contributed by atoms with Crippen molar-refractivity contribution in [1.29, 1.82) is 0 Å². The highest BCUT2D eigenvalue weighted by Crippen LogP contribution is 2.16. The number of hydrogen-bond acceptors (Lipinski definition) is 3. The topological polar surface area (TPSA) is 50.8 Å². The summed E-state index contributed by atoms with van der Waals surface area (Å²) in [6.07, 6.45) is 4.41. The minimum absolute atomic E-state index is 0.0456. The average molecular weight is 475 g/mol. The Morgan fingerprint density at radius 2 is 1.86 bits per heavy atom. The van der Waals surface area contributed by atoms with Crippen LogP contribution in [0.2, 0.25) is 5.02 Å². The van der Waals surface area contributed by atoms with E-state index in [2.05, 4.69) is 25.8 Å². The number of benzene rings is 2. The number of carbonyl (C=O) groups excluding carboxylic acids is 1. The van der Waals surface area contributed by atoms with Gasteiger partial charge in [0.05, 0.1) is 6.54 Å². The van der Waals surface area contributed by atoms with Crippen molar-refractivity contribution in [3.8, 4) is 0 Å². The highest BCUT2D eigenvalue weighted by molar-refractivity contribution is 9.10. The summed E-state index contributed by atoms with van der Waals surface area (Å²) in [7, 11) is 0. The molecule has 1 aliphatic heterocycles. The Balaban J connectivity index is 1.56. The standard InChI is InChI=1S/C22H23BrClN4O/c23-17-7-11-19(12-8-17)25-14-21-26-28(22-4-2-1-3-13-27(21)22)15-20(29)16-5-9-18(24)10-6-16/h5-12,25H,1-4,13-15H2/q+1. The van der Waals surface area contributed by atoms with E-state index in [4.69, 9.17) is 16.7 Å². The van der Waals surface area contributed by atoms with Crippen molar-refractivity contribution >= 4 is 39.0 Å². The third-order valence-electron chi connectivity index (χ3n) is 5.19. The van der Waals surface area contributed by atoms with Crippen molar-refractivity contribution in [3.63, 3.8) is 0 Å². The van der Waals surface area contributed by atoms with E-state index in [1.807, 2.05) is 28.9 Å². The third-order valence-corrected chi connectivity index (χ3v) is 5.97. The van der Waals surface area contributed by atoms with Gasteiger partial charge in [-0.05, 0) is 67.8 Å². The Kier molecular flexibility index (Phi) is 6.31. The number of fused-ring (bicyclic) bond motifs is 1. The molecule has 0 bridgehead atoms. The molecule has 3 aromatic rings. The van der Waals surface area contributed by atoms with Crippen LogP contribution in [0.5, 0.6) is 0 Å². The third kappa shape index (κ3) is 4.87. The summed E-state index contributed by atoms with van der Waals surface area (Å²) in [5.41, 5.74) is 1.70. The maximum absolute atomic E-state index is 12.8. The van der Waals surface area contributed by atoms with Crippen LogP contribution < -0.4 is 9.88 Å². The number of ketones is 1. The second-order valence-corrected chi connectivity index (χ2v) is 8.60. The van der Waals surface area contributed by atoms with E-state index in [0.717, 1.165) is 47.6 Å². The van der Waals surface area contributed by atoms with Crippen LogP contribution in [0.1, 0.15) is 41.3 Å². The highest BCUT2D eigenvalue weighted by atomic mass is 79.9. The largest absolute Gasteiger partial charge is 0.375 e. The van der Waals surface area contributed by atoms with E-state index >= 15 is 0 Å². The van der Waals surface area contributed by atoms with Crippen LogP contribution in [-0.4, -0.2) is 15.6 Å². The minimum atomic E-state index is 0.0456. The molecule has 2 aromatic carbocycles. The number of aromatic nitrogens is 3. The number of halogens is 2. The average Bonchev–Trinajstić information content (AvgIpc) is 2.89. The van der Waals surface area contributed by atoms with Gasteiger partial charge in [-0.1, -0.05) is 27.5 Å². The number of Topliss-reactive ketones (excluding diaryl/α,β-unsaturated/α-hetero) is 1. The summed E-state index contributed by atoms with van der Waals surface area (Å²) in [6, 6.07) is 15.1. The molecule has 1 aliphatic rings. The van der Waals surface area contributed by atoms with Crippen LogP contribution in [0, 0.1) is 0 Å². The molecule has 0 unspecified atom stereocenters. The van der Waals surface area contributed by atoms with Crippen molar-refractivity contribution in [1.82, 2.24) is 9.78 Å². The van der Waals surface area contributed by atoms with Crippen LogP contribution in [0.4, 0.5) is 5.69 Å². The van der Waals surface area contributed by atoms with Gasteiger partial charge in [0.1, 0.15) is 6.54 Å². The normalized spacial score (nSPS) is 13.6. The molecule has 0 saturated heterocycles. The first-order valence-corrected chi connectivity index (χ1v) is 11.0. The monoisotopic (exact) mass is 473 g/mol. The Bertz CT molecular complexity index is 999. The molecule has 0 amide bonds. The molecule has 0 aliphatic carbocycles. The Morgan fingerprint density at radius 3 is 2.62 bits per heavy atom. The minimum Gasteiger partial charge on any atom is -0.375 e. The lowest BCUT2D eigenvalue weighted by molar-refractivity contribution is -0.710. The number of carbonyl (C=O) groups is 1. The first-order valence-electron chi connectivity index (χ1n) is 9.87. The van der Waals surface area contributed by atoms with Gasteiger partial charge in [-0.3, -0.25) is 4.79 Å². The first kappa shape index (κ1) is 20.1. The molecule has 0 fully saturated rings. The summed E-state index contributed by atoms with van der Waals surface area (Å²) in [4.78, 5) is 12.8. The molecule has 0 saturated carbocycles. The molecule has 5 nitrogen and oxygen atoms in total. The van der Waals surface area contributed by atoms with Gasteiger partial charge in [0.25, 0.3) is 5.82 Å². The molecule has 0 spiro atoms. The summed E-state index contributed by atoms with van der Waals surface area (Å²) in [5.74, 6) is 2.15. The van der Waals surface area contributed by atoms with E-state index in [9.17, 15) is 4.79 Å². The molecule has 0 radical (unpaired) electrons. The highest BCUT2D eigenvalue weighted by Gasteiger charge is 2.28. The van der Waals surface area contributed by atoms with Crippen molar-refractivity contribution in [3.05, 3.63) is 75.2 Å². The number of rotatable bonds is 6. The Labute approximate surface area is 183 Å². The molecular formula is C22H23BrClN4O+. The van der Waals surface area contributed by atoms with Crippen molar-refractivity contribution in [2.45, 2.75) is 45.3 Å². The fourth-order valence-electron chi connectivity index (χ4n) is 3.66. The number of nitrogens with one attached hydrogen (secondary N) is 1. The van der Waals surface area contributed by atoms with E-state index in [-0.39, 0.29) is 12.3 Å². The summed E-state index contributed by atoms with van der Waals surface area (Å²) in [6.45, 7) is 1.81. The predicted molar refractivity (Wildman–Crippen MR) is 117 cm³/mol. The Morgan fingerprint density at radius 1 is 1.10 bits per heavy atom. The fraction of sp³-hybridized carbons (Fsp3) is 0.318. The molecule has 1 N–H and O–H groups in total. The van der Waals surface area contributed by atoms with Gasteiger partial charge in [0.2, 0.25) is 5.82 Å². The van der Waals surface area contributed by atoms with Gasteiger partial charge in [0.15, 0.2) is 12.3 Å². The van der Waals surface area contributed by atoms with Gasteiger partial charge in [-0.15, -0.1) is 4.68 Å². The zero-order valence-corrected chi connectivity index (χ0v) is 18.4. The van der Waals surface area contributed by atoms with Crippen LogP contribution in [0.15, 0.2) is 53.0 Å². The molecule has 29 heavy (non-hydrogen) atoms. The smallest absolute Gasteiger partial charge is 0.296 e. The number of anilines is 1. The SMILES string of the molecule is O=C(Cn1nc(CNc2ccc(Br)cc2)[n+]2c1CCCCC2)c1ccc(Cl)cc1. The molecule has 4 rings (SSSR count). The van der Waals surface area contributed by atoms with Crippen LogP contribution >= 0.6 is 27.5 Å². The number of nitrogens with zero attached hydrogens (tertiary/aromatic N) is 3. The first-order chi connectivity index (χ1) is 14.1. The van der Waals surface area contributed by atoms with Crippen LogP contribution in [-0.2, 0) is 26.1 Å². The van der Waals surface area contributed by atoms with E-state index in [1.54, 1.807) is 24.3 Å². The van der Waals surface area contributed by atoms with E-state index < -0.39 is 0 Å². The van der Waals surface area contributed by atoms with Crippen molar-refractivity contribution in [2.24, 2.45) is 0 Å². The van der Waals surface area contributed by atoms with Gasteiger partial charge >= 0.3 is 0 Å². The summed E-state index contributed by atoms with van der Waals surface area (Å²) < 4.78 is 5.23. The maximum Gasteiger partial charge on any atom is 0.296 e. The molecule has 2 heterocycles. The molecular weight excluding hydrogens is 452 g/mol. The van der Waals surface area contributed by atoms with Crippen LogP contribution in [0.25, 0.3) is 0 Å². The van der Waals surface area contributed by atoms with Gasteiger partial charge < -0.3 is 5.32 Å². The predicted octanol–water partition coefficient (Wildman–Crippen LogP) is 4.81. The van der Waals surface area contributed by atoms with Crippen molar-refractivity contribution < 1.29 is 9.36 Å². The summed E-state index contributed by atoms with van der Waals surface area (Å²) >= 11 is 9.41. The summed E-state index contributed by atoms with van der Waals surface area (Å²) in [5, 5.41) is 8.89. The van der Waals surface area contributed by atoms with E-state index in [0.29, 0.717) is 17.1 Å². The van der Waals surface area contributed by atoms with Gasteiger partial charge in [-0.2, -0.15) is 0 Å². The van der Waals surface area contributed by atoms with Crippen LogP contribution in [0.3, 0.4) is 0 Å². The quantitative estimate of drug-likeness (QED) is 0.412. The van der Waals surface area contributed by atoms with Gasteiger partial charge in [-0.25, -0.2) is 4.57 Å². The molecule has 1 aromatic heterocycles. The Hall–Kier alpha value is -2.18. The lowest BCUT2D eigenvalue weighted by Crippen LogP contribution is -2.41. The zero-order valence-electron chi connectivity index (χ0n) is 16.1. The lowest BCUT2D eigenvalue weighted by atomic mass is 10.1. The zero-order chi connectivity index (χ0) is 20.2.